The van der Waals surface area contributed by atoms with Crippen molar-refractivity contribution in [3.05, 3.63) is 205 Å². The van der Waals surface area contributed by atoms with Crippen molar-refractivity contribution in [2.45, 2.75) is 64.8 Å². The highest BCUT2D eigenvalue weighted by atomic mass is 35.5. The summed E-state index contributed by atoms with van der Waals surface area (Å²) in [6.07, 6.45) is 5.58. The molecule has 0 N–H and O–H groups in total. The first-order chi connectivity index (χ1) is 27.6. The van der Waals surface area contributed by atoms with Gasteiger partial charge < -0.3 is 34.3 Å². The lowest BCUT2D eigenvalue weighted by Gasteiger charge is -2.34. The zero-order valence-corrected chi connectivity index (χ0v) is 36.6. The largest absolute Gasteiger partial charge is 1.00 e. The van der Waals surface area contributed by atoms with Crippen molar-refractivity contribution in [1.82, 2.24) is 4.98 Å². The maximum atomic E-state index is 6.86. The minimum Gasteiger partial charge on any atom is -1.00 e. The van der Waals surface area contributed by atoms with Gasteiger partial charge in [0.25, 0.3) is 0 Å². The molecule has 0 saturated carbocycles. The van der Waals surface area contributed by atoms with Gasteiger partial charge in [-0.1, -0.05) is 129 Å². The fourth-order valence-electron chi connectivity index (χ4n) is 8.52. The Morgan fingerprint density at radius 1 is 0.517 bits per heavy atom. The van der Waals surface area contributed by atoms with Crippen LogP contribution in [0.25, 0.3) is 0 Å². The molecule has 1 aliphatic rings. The zero-order chi connectivity index (χ0) is 38.2. The van der Waals surface area contributed by atoms with E-state index in [0.29, 0.717) is 6.61 Å². The van der Waals surface area contributed by atoms with E-state index in [9.17, 15) is 0 Å². The molecule has 7 heteroatoms. The number of hydrogen-bond acceptors (Lipinski definition) is 3. The molecule has 58 heavy (non-hydrogen) atoms. The lowest BCUT2D eigenvalue weighted by molar-refractivity contribution is -0.113. The van der Waals surface area contributed by atoms with Crippen molar-refractivity contribution in [3.8, 4) is 5.75 Å². The van der Waals surface area contributed by atoms with E-state index in [1.165, 1.54) is 43.8 Å². The molecule has 2 heterocycles. The van der Waals surface area contributed by atoms with E-state index in [-0.39, 0.29) is 31.1 Å². The molecule has 8 rings (SSSR count). The van der Waals surface area contributed by atoms with E-state index in [1.807, 2.05) is 0 Å². The second kappa shape index (κ2) is 20.1. The van der Waals surface area contributed by atoms with E-state index in [1.54, 1.807) is 0 Å². The molecule has 0 radical (unpaired) electrons. The van der Waals surface area contributed by atoms with Gasteiger partial charge in [-0.3, -0.25) is 0 Å². The van der Waals surface area contributed by atoms with E-state index >= 15 is 0 Å². The predicted octanol–water partition coefficient (Wildman–Crippen LogP) is 4.20. The van der Waals surface area contributed by atoms with Gasteiger partial charge in [0, 0.05) is 17.5 Å². The average Bonchev–Trinajstić information content (AvgIpc) is 3.27. The fraction of sp³-hybridized carbons (Fsp3) is 0.196. The van der Waals surface area contributed by atoms with Crippen molar-refractivity contribution in [1.29, 1.82) is 0 Å². The van der Waals surface area contributed by atoms with Gasteiger partial charge in [0.1, 0.15) is 64.4 Å². The maximum absolute atomic E-state index is 6.86. The Balaban J connectivity index is 0.00000283. The number of fused-ring (bicyclic) bond motifs is 1. The van der Waals surface area contributed by atoms with Crippen molar-refractivity contribution in [2.75, 3.05) is 0 Å². The Kier molecular flexibility index (Phi) is 15.0. The first kappa shape index (κ1) is 43.3. The number of rotatable bonds is 14. The number of ether oxygens (including phenoxy) is 2. The van der Waals surface area contributed by atoms with Crippen LogP contribution in [0, 0.1) is 6.92 Å². The number of aromatic nitrogens is 1. The standard InChI is InChI=1S/C51H51NO2P2.2ClH/c1-3-4-11-36-50-53-37-47-48(38-55(41-24-12-5-13-25-41,42-26-14-6-15-27-42)43-28-16-7-17-29-43)49(52-40(2)51(47)54-50)39-56(44-30-18-8-19-31-44,45-32-20-9-21-33-45)46-34-22-10-23-35-46;;/h5-10,12-35,50H,3-4,11,36-39H2,1-2H3;2*1H/q+2;;/p-2. The minimum atomic E-state index is -2.32. The molecule has 296 valence electrons. The molecule has 0 aliphatic carbocycles. The summed E-state index contributed by atoms with van der Waals surface area (Å²) >= 11 is 0. The first-order valence-corrected chi connectivity index (χ1v) is 24.0. The molecule has 1 atom stereocenters. The van der Waals surface area contributed by atoms with Gasteiger partial charge in [-0.25, -0.2) is 4.98 Å². The summed E-state index contributed by atoms with van der Waals surface area (Å²) in [5.74, 6) is 0.909. The van der Waals surface area contributed by atoms with Gasteiger partial charge in [0.05, 0.1) is 18.0 Å². The molecule has 1 unspecified atom stereocenters. The summed E-state index contributed by atoms with van der Waals surface area (Å²) in [4.78, 5) is 5.71. The van der Waals surface area contributed by atoms with Gasteiger partial charge in [0.15, 0.2) is 6.29 Å². The Labute approximate surface area is 358 Å². The van der Waals surface area contributed by atoms with Crippen molar-refractivity contribution in [2.24, 2.45) is 0 Å². The molecule has 0 fully saturated rings. The highest BCUT2D eigenvalue weighted by molar-refractivity contribution is 7.95. The van der Waals surface area contributed by atoms with E-state index in [2.05, 4.69) is 196 Å². The highest BCUT2D eigenvalue weighted by Crippen LogP contribution is 2.62. The Hall–Kier alpha value is -4.33. The normalized spacial score (nSPS) is 13.7. The number of pyridine rings is 1. The number of aryl methyl sites for hydroxylation is 1. The summed E-state index contributed by atoms with van der Waals surface area (Å²) in [7, 11) is -4.62. The Morgan fingerprint density at radius 3 is 1.24 bits per heavy atom. The van der Waals surface area contributed by atoms with Crippen LogP contribution in [0.1, 0.15) is 55.1 Å². The lowest BCUT2D eigenvalue weighted by atomic mass is 10.0. The Bertz CT molecular complexity index is 2120. The Morgan fingerprint density at radius 2 is 0.879 bits per heavy atom. The van der Waals surface area contributed by atoms with Crippen molar-refractivity contribution in [3.63, 3.8) is 0 Å². The van der Waals surface area contributed by atoms with Crippen molar-refractivity contribution >= 4 is 46.4 Å². The molecule has 1 aliphatic heterocycles. The van der Waals surface area contributed by atoms with Crippen LogP contribution in [0.15, 0.2) is 182 Å². The number of nitrogens with zero attached hydrogens (tertiary/aromatic N) is 1. The van der Waals surface area contributed by atoms with Crippen LogP contribution < -0.4 is 61.4 Å². The summed E-state index contributed by atoms with van der Waals surface area (Å²) in [5, 5.41) is 8.09. The molecule has 3 nitrogen and oxygen atoms in total. The van der Waals surface area contributed by atoms with Crippen LogP contribution in [0.2, 0.25) is 0 Å². The topological polar surface area (TPSA) is 31.4 Å². The number of halogens is 2. The maximum Gasteiger partial charge on any atom is 0.200 e. The summed E-state index contributed by atoms with van der Waals surface area (Å²) in [6.45, 7) is 4.89. The van der Waals surface area contributed by atoms with Crippen LogP contribution in [0.3, 0.4) is 0 Å². The second-order valence-electron chi connectivity index (χ2n) is 14.7. The molecule has 0 amide bonds. The SMILES string of the molecule is CCCCCC1OCc2c(C[P+](c3ccccc3)(c3ccccc3)c3ccccc3)c(C[P+](c3ccccc3)(c3ccccc3)c3ccccc3)nc(C)c2O1.[Cl-].[Cl-]. The average molecular weight is 843 g/mol. The second-order valence-corrected chi connectivity index (χ2v) is 21.7. The predicted molar refractivity (Wildman–Crippen MR) is 240 cm³/mol. The third kappa shape index (κ3) is 8.67. The monoisotopic (exact) mass is 841 g/mol. The third-order valence-electron chi connectivity index (χ3n) is 11.3. The highest BCUT2D eigenvalue weighted by Gasteiger charge is 2.50. The molecule has 1 aromatic heterocycles. The molecule has 0 spiro atoms. The van der Waals surface area contributed by atoms with Crippen LogP contribution >= 0.6 is 14.5 Å². The minimum absolute atomic E-state index is 0. The van der Waals surface area contributed by atoms with Crippen molar-refractivity contribution < 1.29 is 34.3 Å². The van der Waals surface area contributed by atoms with Gasteiger partial charge >= 0.3 is 0 Å². The number of unbranched alkanes of at least 4 members (excludes halogenated alkanes) is 2. The molecule has 7 aromatic rings. The van der Waals surface area contributed by atoms with Gasteiger partial charge in [-0.05, 0) is 86.1 Å². The fourth-order valence-corrected chi connectivity index (χ4v) is 17.1. The zero-order valence-electron chi connectivity index (χ0n) is 33.3. The smallest absolute Gasteiger partial charge is 0.200 e. The van der Waals surface area contributed by atoms with E-state index in [0.717, 1.165) is 54.3 Å². The van der Waals surface area contributed by atoms with E-state index in [4.69, 9.17) is 14.5 Å². The van der Waals surface area contributed by atoms with Gasteiger partial charge in [-0.15, -0.1) is 0 Å². The van der Waals surface area contributed by atoms with Gasteiger partial charge in [0.2, 0.25) is 0 Å². The van der Waals surface area contributed by atoms with Gasteiger partial charge in [-0.2, -0.15) is 0 Å². The van der Waals surface area contributed by atoms with Crippen LogP contribution in [0.5, 0.6) is 5.75 Å². The quantitative estimate of drug-likeness (QED) is 0.122. The summed E-state index contributed by atoms with van der Waals surface area (Å²) < 4.78 is 13.5. The third-order valence-corrected chi connectivity index (χ3v) is 19.9. The molecule has 0 bridgehead atoms. The lowest BCUT2D eigenvalue weighted by Crippen LogP contribution is -3.00. The number of hydrogen-bond donors (Lipinski definition) is 0. The summed E-state index contributed by atoms with van der Waals surface area (Å²) in [6, 6.07) is 67.2. The molecule has 6 aromatic carbocycles. The molecular formula is C51H51Cl2NO2P2. The summed E-state index contributed by atoms with van der Waals surface area (Å²) in [5.41, 5.74) is 4.49. The molecular weight excluding hydrogens is 791 g/mol. The molecule has 0 saturated heterocycles. The van der Waals surface area contributed by atoms with Crippen LogP contribution in [0.4, 0.5) is 0 Å². The number of benzene rings is 6. The first-order valence-electron chi connectivity index (χ1n) is 20.0. The van der Waals surface area contributed by atoms with E-state index < -0.39 is 14.5 Å². The van der Waals surface area contributed by atoms with Crippen LogP contribution in [-0.4, -0.2) is 11.3 Å². The van der Waals surface area contributed by atoms with Crippen LogP contribution in [-0.2, 0) is 23.7 Å².